The molecule has 0 aliphatic rings. The van der Waals surface area contributed by atoms with Gasteiger partial charge in [0.1, 0.15) is 0 Å². The quantitative estimate of drug-likeness (QED) is 0.733. The number of nitrogens with one attached hydrogen (secondary N) is 1. The zero-order valence-electron chi connectivity index (χ0n) is 9.04. The van der Waals surface area contributed by atoms with Gasteiger partial charge in [-0.3, -0.25) is 0 Å². The summed E-state index contributed by atoms with van der Waals surface area (Å²) in [4.78, 5) is 3.21. The minimum Gasteiger partial charge on any atom is -0.361 e. The summed E-state index contributed by atoms with van der Waals surface area (Å²) in [6, 6.07) is 8.81. The molecule has 2 rings (SSSR count). The molecule has 14 heavy (non-hydrogen) atoms. The van der Waals surface area contributed by atoms with Gasteiger partial charge in [-0.2, -0.15) is 0 Å². The van der Waals surface area contributed by atoms with E-state index < -0.39 is 0 Å². The normalized spacial score (nSPS) is 13.7. The van der Waals surface area contributed by atoms with E-state index in [0.717, 1.165) is 0 Å². The predicted molar refractivity (Wildman–Crippen MR) is 61.6 cm³/mol. The second-order valence-corrected chi connectivity index (χ2v) is 4.36. The zero-order chi connectivity index (χ0) is 10.1. The first-order valence-corrected chi connectivity index (χ1v) is 5.25. The third-order valence-corrected chi connectivity index (χ3v) is 3.10. The molecule has 1 nitrogen and oxygen atoms in total. The first kappa shape index (κ1) is 9.32. The van der Waals surface area contributed by atoms with E-state index in [4.69, 9.17) is 0 Å². The summed E-state index contributed by atoms with van der Waals surface area (Å²) in [5, 5.41) is 1.31. The highest BCUT2D eigenvalue weighted by Crippen LogP contribution is 2.26. The molecule has 1 unspecified atom stereocenters. The molecule has 1 N–H and O–H groups in total. The lowest BCUT2D eigenvalue weighted by molar-refractivity contribution is 0.535. The van der Waals surface area contributed by atoms with Gasteiger partial charge in [-0.1, -0.05) is 26.8 Å². The van der Waals surface area contributed by atoms with Crippen molar-refractivity contribution in [1.29, 1.82) is 0 Å². The Morgan fingerprint density at radius 1 is 1.07 bits per heavy atom. The highest BCUT2D eigenvalue weighted by atomic mass is 14.7. The fourth-order valence-electron chi connectivity index (χ4n) is 1.74. The standard InChI is InChI=1S/C13H17N/c1-9(2)10(3)11-4-5-13-12(8-11)6-7-14-13/h4-10,14H,1-3H3. The van der Waals surface area contributed by atoms with E-state index in [9.17, 15) is 0 Å². The van der Waals surface area contributed by atoms with Crippen LogP contribution in [0.25, 0.3) is 10.9 Å². The van der Waals surface area contributed by atoms with Gasteiger partial charge in [-0.15, -0.1) is 0 Å². The highest BCUT2D eigenvalue weighted by molar-refractivity contribution is 5.80. The van der Waals surface area contributed by atoms with Gasteiger partial charge in [0.05, 0.1) is 0 Å². The lowest BCUT2D eigenvalue weighted by Crippen LogP contribution is -2.01. The van der Waals surface area contributed by atoms with Crippen LogP contribution in [0.5, 0.6) is 0 Å². The van der Waals surface area contributed by atoms with E-state index in [-0.39, 0.29) is 0 Å². The molecule has 74 valence electrons. The number of fused-ring (bicyclic) bond motifs is 1. The number of aromatic nitrogens is 1. The smallest absolute Gasteiger partial charge is 0.0454 e. The van der Waals surface area contributed by atoms with E-state index in [0.29, 0.717) is 11.8 Å². The van der Waals surface area contributed by atoms with Crippen LogP contribution in [-0.2, 0) is 0 Å². The van der Waals surface area contributed by atoms with Crippen molar-refractivity contribution >= 4 is 10.9 Å². The van der Waals surface area contributed by atoms with E-state index in [1.807, 2.05) is 6.20 Å². The van der Waals surface area contributed by atoms with Crippen molar-refractivity contribution in [2.45, 2.75) is 26.7 Å². The Hall–Kier alpha value is -1.24. The fraction of sp³-hybridized carbons (Fsp3) is 0.385. The molecule has 1 heteroatoms. The van der Waals surface area contributed by atoms with Gasteiger partial charge in [-0.05, 0) is 41.0 Å². The molecule has 0 bridgehead atoms. The van der Waals surface area contributed by atoms with Gasteiger partial charge in [0.2, 0.25) is 0 Å². The molecule has 0 aliphatic carbocycles. The third-order valence-electron chi connectivity index (χ3n) is 3.10. The molecule has 0 saturated heterocycles. The summed E-state index contributed by atoms with van der Waals surface area (Å²) < 4.78 is 0. The SMILES string of the molecule is CC(C)C(C)c1ccc2[nH]ccc2c1. The monoisotopic (exact) mass is 187 g/mol. The van der Waals surface area contributed by atoms with E-state index in [1.54, 1.807) is 0 Å². The second kappa shape index (κ2) is 3.49. The molecule has 0 aliphatic heterocycles. The van der Waals surface area contributed by atoms with Crippen molar-refractivity contribution in [3.05, 3.63) is 36.0 Å². The average Bonchev–Trinajstić information content (AvgIpc) is 2.62. The maximum atomic E-state index is 3.21. The molecule has 0 saturated carbocycles. The van der Waals surface area contributed by atoms with Crippen LogP contribution >= 0.6 is 0 Å². The molecule has 1 aromatic heterocycles. The Morgan fingerprint density at radius 2 is 1.86 bits per heavy atom. The lowest BCUT2D eigenvalue weighted by Gasteiger charge is -2.15. The number of hydrogen-bond donors (Lipinski definition) is 1. The van der Waals surface area contributed by atoms with Crippen molar-refractivity contribution < 1.29 is 0 Å². The topological polar surface area (TPSA) is 15.8 Å². The van der Waals surface area contributed by atoms with Crippen molar-refractivity contribution in [3.8, 4) is 0 Å². The molecule has 0 amide bonds. The maximum Gasteiger partial charge on any atom is 0.0454 e. The van der Waals surface area contributed by atoms with E-state index in [1.165, 1.54) is 16.5 Å². The molecule has 2 aromatic rings. The Morgan fingerprint density at radius 3 is 2.57 bits per heavy atom. The maximum absolute atomic E-state index is 3.21. The summed E-state index contributed by atoms with van der Waals surface area (Å²) >= 11 is 0. The minimum atomic E-state index is 0.634. The average molecular weight is 187 g/mol. The largest absolute Gasteiger partial charge is 0.361 e. The highest BCUT2D eigenvalue weighted by Gasteiger charge is 2.09. The van der Waals surface area contributed by atoms with Gasteiger partial charge in [0.15, 0.2) is 0 Å². The van der Waals surface area contributed by atoms with Gasteiger partial charge in [0, 0.05) is 11.7 Å². The van der Waals surface area contributed by atoms with Crippen molar-refractivity contribution in [2.24, 2.45) is 5.92 Å². The molecular formula is C13H17N. The van der Waals surface area contributed by atoms with Crippen LogP contribution in [0, 0.1) is 5.92 Å². The van der Waals surface area contributed by atoms with Crippen LogP contribution in [0.15, 0.2) is 30.5 Å². The Bertz CT molecular complexity index is 425. The molecule has 1 heterocycles. The number of H-pyrrole nitrogens is 1. The molecule has 0 fully saturated rings. The summed E-state index contributed by atoms with van der Waals surface area (Å²) in [5.41, 5.74) is 2.66. The Kier molecular flexibility index (Phi) is 2.32. The Labute approximate surface area is 85.1 Å². The first-order valence-electron chi connectivity index (χ1n) is 5.25. The van der Waals surface area contributed by atoms with Crippen LogP contribution in [0.1, 0.15) is 32.3 Å². The van der Waals surface area contributed by atoms with Gasteiger partial charge >= 0.3 is 0 Å². The van der Waals surface area contributed by atoms with Gasteiger partial charge in [0.25, 0.3) is 0 Å². The van der Waals surface area contributed by atoms with Crippen molar-refractivity contribution in [2.75, 3.05) is 0 Å². The first-order chi connectivity index (χ1) is 6.68. The van der Waals surface area contributed by atoms with Crippen molar-refractivity contribution in [3.63, 3.8) is 0 Å². The van der Waals surface area contributed by atoms with Crippen LogP contribution in [-0.4, -0.2) is 4.98 Å². The van der Waals surface area contributed by atoms with Gasteiger partial charge in [-0.25, -0.2) is 0 Å². The summed E-state index contributed by atoms with van der Waals surface area (Å²) in [6.07, 6.45) is 1.99. The Balaban J connectivity index is 2.43. The molecular weight excluding hydrogens is 170 g/mol. The van der Waals surface area contributed by atoms with Crippen LogP contribution < -0.4 is 0 Å². The van der Waals surface area contributed by atoms with E-state index in [2.05, 4.69) is 50.0 Å². The summed E-state index contributed by atoms with van der Waals surface area (Å²) in [7, 11) is 0. The zero-order valence-corrected chi connectivity index (χ0v) is 9.04. The molecule has 0 spiro atoms. The van der Waals surface area contributed by atoms with Crippen LogP contribution in [0.2, 0.25) is 0 Å². The number of hydrogen-bond acceptors (Lipinski definition) is 0. The summed E-state index contributed by atoms with van der Waals surface area (Å²) in [6.45, 7) is 6.83. The fourth-order valence-corrected chi connectivity index (χ4v) is 1.74. The molecule has 1 aromatic carbocycles. The number of aromatic amines is 1. The minimum absolute atomic E-state index is 0.634. The molecule has 0 radical (unpaired) electrons. The number of rotatable bonds is 2. The second-order valence-electron chi connectivity index (χ2n) is 4.36. The molecule has 1 atom stereocenters. The summed E-state index contributed by atoms with van der Waals surface area (Å²) in [5.74, 6) is 1.33. The van der Waals surface area contributed by atoms with Crippen molar-refractivity contribution in [1.82, 2.24) is 4.98 Å². The van der Waals surface area contributed by atoms with Gasteiger partial charge < -0.3 is 4.98 Å². The van der Waals surface area contributed by atoms with Crippen LogP contribution in [0.3, 0.4) is 0 Å². The number of benzene rings is 1. The van der Waals surface area contributed by atoms with Crippen LogP contribution in [0.4, 0.5) is 0 Å². The van der Waals surface area contributed by atoms with E-state index >= 15 is 0 Å². The lowest BCUT2D eigenvalue weighted by atomic mass is 9.90. The third kappa shape index (κ3) is 1.54. The predicted octanol–water partition coefficient (Wildman–Crippen LogP) is 3.93.